The van der Waals surface area contributed by atoms with Crippen LogP contribution >= 0.6 is 28.1 Å². The first kappa shape index (κ1) is 97.9. The maximum absolute atomic E-state index is 13.8. The second kappa shape index (κ2) is 41.2. The zero-order chi connectivity index (χ0) is 92.6. The van der Waals surface area contributed by atoms with E-state index in [1.54, 1.807) is 73.5 Å². The third-order valence-corrected chi connectivity index (χ3v) is 30.2. The molecule has 8 aromatic carbocycles. The van der Waals surface area contributed by atoms with Crippen molar-refractivity contribution in [2.45, 2.75) is 165 Å². The largest absolute Gasteiger partial charge is 0.508 e. The van der Waals surface area contributed by atoms with E-state index in [0.29, 0.717) is 56.5 Å². The number of phenols is 1. The van der Waals surface area contributed by atoms with Crippen LogP contribution in [-0.4, -0.2) is 197 Å². The molecule has 4 aliphatic heterocycles. The number of aliphatic hydroxyl groups is 1. The standard InChI is InChI=1S/C25H29N3O3.C25H28N2O4.C25H28N2O3S.C22H22N2O3.C3H7BrO.C2H6O.CH4.H3NO/c1-28-22(29)25(27-23(28)26)21-15-20(31-14-13-30-2)8-7-19(21)16-24(25)11-9-17-5-3-4-6-18(17)10-12-24;1-27-22(28)25(26-23(27)29)21-15-20(31-14-13-30-2)8-7-19(21)16-24(25)11-9-17-5-3-4-6-18(17)10-12-24;1-27-22(28)25(26-23(27)31)21-15-20(30-14-13-29-2)8-7-19(21)16-24(25)11-9-17-5-3-4-6-18(17)10-12-24;1-24-19(26)22(23-20(24)27)18-12-17(25)7-6-16(18)13-21(22)10-8-14-4-2-3-5-15(14)9-11-21;1-5-3-2-4;1-2-3;;1-2/h3-8,15H,9-14,16H2,1-2H3,(H2,26,27);3-8,15H,9-14,16H2,1-2H3,(H,26,29);3-8,15H,9-14,16H2,1-2H3,(H,26,31);2-7,12,25H,8-11,13H2,1H3,(H,23,27);2-3H2,1H3;3H,2H2,1H3;1H4;2H,1H2. The molecule has 20 rings (SSSR count). The fraction of sp³-hybridized carbons (Fsp3) is 0.456. The Bertz CT molecular complexity index is 5300. The molecule has 0 saturated carbocycles. The first-order valence-electron chi connectivity index (χ1n) is 45.0. The average Bonchev–Trinajstić information content (AvgIpc) is 1.54. The Morgan fingerprint density at radius 1 is 0.389 bits per heavy atom. The number of hydrogen-bond donors (Lipinski definition) is 8. The minimum Gasteiger partial charge on any atom is -0.508 e. The summed E-state index contributed by atoms with van der Waals surface area (Å²) < 4.78 is 37.6. The molecule has 8 amide bonds. The number of hydrogen-bond acceptors (Lipinski definition) is 20. The van der Waals surface area contributed by atoms with Crippen LogP contribution in [0.5, 0.6) is 23.0 Å². The van der Waals surface area contributed by atoms with Gasteiger partial charge in [-0.3, -0.25) is 38.8 Å². The molecule has 4 unspecified atom stereocenters. The molecule has 4 atom stereocenters. The summed E-state index contributed by atoms with van der Waals surface area (Å²) in [5, 5.41) is 35.3. The fourth-order valence-corrected chi connectivity index (χ4v) is 23.6. The normalized spacial score (nSPS) is 22.5. The molecule has 0 radical (unpaired) electrons. The Kier molecular flexibility index (Phi) is 30.8. The number of amides is 8. The predicted molar refractivity (Wildman–Crippen MR) is 510 cm³/mol. The SMILES string of the molecule is C.CCO.CN1C(=O)NC2(C1=O)c1cc(O)ccc1CC21CCc2ccccc2CC1.COCCBr.COCCOc1ccc2c(c1)C1(N=C(N)N(C)C1=O)C1(CCc3ccccc3CC1)C2.COCCOc1ccc2c(c1)C1(NC(=O)N(C)C1=O)C1(CCc3ccccc3CC1)C2.COCCOc1ccc2c(c1)C1(NC(=S)N(C)C1=O)C1(CCc3ccccc3CC1)C2.NO. The average molecular weight is 1870 g/mol. The molecule has 12 aliphatic rings. The van der Waals surface area contributed by atoms with Crippen LogP contribution in [0.2, 0.25) is 0 Å². The molecule has 8 aromatic rings. The Labute approximate surface area is 782 Å². The third-order valence-electron chi connectivity index (χ3n) is 29.5. The monoisotopic (exact) mass is 1870 g/mol. The number of aryl methyl sites for hydroxylation is 8. The van der Waals surface area contributed by atoms with Crippen LogP contribution in [0.25, 0.3) is 0 Å². The second-order valence-electron chi connectivity index (χ2n) is 35.9. The van der Waals surface area contributed by atoms with E-state index >= 15 is 0 Å². The van der Waals surface area contributed by atoms with Crippen molar-refractivity contribution < 1.29 is 77.3 Å². The Morgan fingerprint density at radius 2 is 0.672 bits per heavy atom. The van der Waals surface area contributed by atoms with Gasteiger partial charge in [-0.15, -0.1) is 0 Å². The third kappa shape index (κ3) is 17.5. The van der Waals surface area contributed by atoms with Gasteiger partial charge in [0.05, 0.1) is 26.4 Å². The number of fused-ring (bicyclic) bond motifs is 16. The van der Waals surface area contributed by atoms with Gasteiger partial charge in [0.1, 0.15) is 42.8 Å². The van der Waals surface area contributed by atoms with Crippen LogP contribution in [0.4, 0.5) is 9.59 Å². The lowest BCUT2D eigenvalue weighted by Crippen LogP contribution is -2.55. The highest BCUT2D eigenvalue weighted by atomic mass is 79.9. The molecule has 3 fully saturated rings. The fourth-order valence-electron chi connectivity index (χ4n) is 23.0. The number of benzene rings is 8. The first-order chi connectivity index (χ1) is 62.8. The number of aliphatic imine (C=N–C) groups is 1. The number of aliphatic hydroxyl groups excluding tert-OH is 1. The second-order valence-corrected chi connectivity index (χ2v) is 37.1. The Hall–Kier alpha value is -10.7. The number of methoxy groups -OCH3 is 4. The molecule has 0 bridgehead atoms. The number of thiocarbonyl (C=S) groups is 1. The van der Waals surface area contributed by atoms with E-state index in [-0.39, 0.29) is 77.1 Å². The number of aromatic hydroxyl groups is 1. The predicted octanol–water partition coefficient (Wildman–Crippen LogP) is 13.3. The van der Waals surface area contributed by atoms with E-state index in [1.165, 1.54) is 77.4 Å². The number of phenolic OH excluding ortho intramolecular Hbond substituents is 1. The number of nitrogens with one attached hydrogen (secondary N) is 3. The van der Waals surface area contributed by atoms with Crippen LogP contribution in [-0.2, 0) is 137 Å². The molecule has 131 heavy (non-hydrogen) atoms. The maximum atomic E-state index is 13.8. The number of imide groups is 2. The minimum absolute atomic E-state index is 0. The summed E-state index contributed by atoms with van der Waals surface area (Å²) in [5.74, 6) is 5.78. The summed E-state index contributed by atoms with van der Waals surface area (Å²) >= 11 is 8.76. The van der Waals surface area contributed by atoms with E-state index in [1.807, 2.05) is 42.5 Å². The van der Waals surface area contributed by atoms with E-state index in [0.717, 1.165) is 185 Å². The molecule has 10 N–H and O–H groups in total. The molecule has 28 heteroatoms. The van der Waals surface area contributed by atoms with Crippen molar-refractivity contribution in [2.24, 2.45) is 38.3 Å². The molecule has 26 nitrogen and oxygen atoms in total. The topological polar surface area (TPSA) is 341 Å². The number of carbonyl (C=O) groups is 6. The lowest BCUT2D eigenvalue weighted by atomic mass is 9.65. The van der Waals surface area contributed by atoms with Crippen molar-refractivity contribution in [2.75, 3.05) is 115 Å². The molecule has 8 aliphatic carbocycles. The molecular formula is C103H127BrN10O16S. The van der Waals surface area contributed by atoms with E-state index in [4.69, 9.17) is 61.7 Å². The van der Waals surface area contributed by atoms with Crippen LogP contribution in [0.3, 0.4) is 0 Å². The summed E-state index contributed by atoms with van der Waals surface area (Å²) in [4.78, 5) is 90.5. The number of carbonyl (C=O) groups excluding carboxylic acids is 6. The summed E-state index contributed by atoms with van der Waals surface area (Å²) in [6, 6.07) is 57.1. The van der Waals surface area contributed by atoms with Crippen LogP contribution in [0.1, 0.15) is 155 Å². The van der Waals surface area contributed by atoms with E-state index in [2.05, 4.69) is 158 Å². The number of nitrogens with two attached hydrogens (primary N) is 2. The van der Waals surface area contributed by atoms with Gasteiger partial charge in [0.15, 0.2) is 33.2 Å². The number of guanidine groups is 1. The number of nitrogens with zero attached hydrogens (tertiary/aromatic N) is 5. The van der Waals surface area contributed by atoms with Crippen LogP contribution in [0, 0.1) is 21.7 Å². The van der Waals surface area contributed by atoms with Gasteiger partial charge in [0, 0.05) is 90.2 Å². The highest BCUT2D eigenvalue weighted by Gasteiger charge is 2.71. The quantitative estimate of drug-likeness (QED) is 0.0165. The molecule has 3 saturated heterocycles. The van der Waals surface area contributed by atoms with Crippen molar-refractivity contribution in [1.82, 2.24) is 35.6 Å². The summed E-state index contributed by atoms with van der Waals surface area (Å²) in [6.45, 7) is 5.63. The molecule has 4 heterocycles. The van der Waals surface area contributed by atoms with E-state index < -0.39 is 22.2 Å². The van der Waals surface area contributed by atoms with Gasteiger partial charge in [-0.25, -0.2) is 20.5 Å². The van der Waals surface area contributed by atoms with Crippen molar-refractivity contribution in [3.63, 3.8) is 0 Å². The lowest BCUT2D eigenvalue weighted by molar-refractivity contribution is -0.136. The summed E-state index contributed by atoms with van der Waals surface area (Å²) in [6.07, 6.45) is 17.6. The molecular weight excluding hydrogens is 1750 g/mol. The zero-order valence-corrected chi connectivity index (χ0v) is 78.4. The van der Waals surface area contributed by atoms with Gasteiger partial charge >= 0.3 is 12.1 Å². The number of ether oxygens (including phenoxy) is 7. The van der Waals surface area contributed by atoms with Gasteiger partial charge in [-0.2, -0.15) is 0 Å². The number of halogens is 1. The van der Waals surface area contributed by atoms with Crippen LogP contribution in [0.15, 0.2) is 175 Å². The molecule has 0 aromatic heterocycles. The molecule has 8 spiro atoms. The Morgan fingerprint density at radius 3 is 0.947 bits per heavy atom. The van der Waals surface area contributed by atoms with Gasteiger partial charge in [-0.05, 0) is 285 Å². The number of likely N-dealkylation sites (N-methyl/N-ethyl adjacent to an activating group) is 4. The van der Waals surface area contributed by atoms with Gasteiger partial charge in [0.25, 0.3) is 23.6 Å². The number of urea groups is 2. The smallest absolute Gasteiger partial charge is 0.325 e. The summed E-state index contributed by atoms with van der Waals surface area (Å²) in [7, 11) is 13.2. The number of rotatable bonds is 14. The highest BCUT2D eigenvalue weighted by Crippen LogP contribution is 2.65. The van der Waals surface area contributed by atoms with Gasteiger partial charge in [0.2, 0.25) is 0 Å². The van der Waals surface area contributed by atoms with Crippen molar-refractivity contribution in [1.29, 1.82) is 0 Å². The van der Waals surface area contributed by atoms with Crippen molar-refractivity contribution in [3.05, 3.63) is 259 Å². The Balaban J connectivity index is 0.000000143. The number of alkyl halides is 1. The van der Waals surface area contributed by atoms with Crippen molar-refractivity contribution in [3.8, 4) is 23.0 Å². The molecule has 698 valence electrons. The lowest BCUT2D eigenvalue weighted by Gasteiger charge is -2.42. The van der Waals surface area contributed by atoms with Gasteiger partial charge in [-0.1, -0.05) is 145 Å². The highest BCUT2D eigenvalue weighted by molar-refractivity contribution is 9.09. The zero-order valence-electron chi connectivity index (χ0n) is 76.0. The summed E-state index contributed by atoms with van der Waals surface area (Å²) in [5.41, 5.74) is 20.1. The first-order valence-corrected chi connectivity index (χ1v) is 46.6. The van der Waals surface area contributed by atoms with Crippen molar-refractivity contribution >= 4 is 74.9 Å². The maximum Gasteiger partial charge on any atom is 0.325 e. The van der Waals surface area contributed by atoms with E-state index in [9.17, 15) is 33.9 Å². The minimum atomic E-state index is -1.09. The van der Waals surface area contributed by atoms with Crippen LogP contribution < -0.4 is 41.8 Å². The van der Waals surface area contributed by atoms with Gasteiger partial charge < -0.3 is 70.3 Å².